The van der Waals surface area contributed by atoms with Crippen LogP contribution < -0.4 is 0 Å². The van der Waals surface area contributed by atoms with Crippen LogP contribution in [0.5, 0.6) is 0 Å². The zero-order valence-electron chi connectivity index (χ0n) is 12.1. The lowest BCUT2D eigenvalue weighted by Crippen LogP contribution is -2.32. The van der Waals surface area contributed by atoms with Crippen molar-refractivity contribution < 1.29 is 0 Å². The van der Waals surface area contributed by atoms with Crippen molar-refractivity contribution in [1.29, 1.82) is 0 Å². The summed E-state index contributed by atoms with van der Waals surface area (Å²) in [5.74, 6) is 0.645. The Labute approximate surface area is 111 Å². The highest BCUT2D eigenvalue weighted by molar-refractivity contribution is 5.08. The van der Waals surface area contributed by atoms with Crippen molar-refractivity contribution in [2.24, 2.45) is 0 Å². The Kier molecular flexibility index (Phi) is 4.81. The van der Waals surface area contributed by atoms with Gasteiger partial charge >= 0.3 is 0 Å². The van der Waals surface area contributed by atoms with E-state index in [1.807, 2.05) is 6.20 Å². The van der Waals surface area contributed by atoms with Gasteiger partial charge in [-0.1, -0.05) is 26.7 Å². The molecule has 1 saturated heterocycles. The highest BCUT2D eigenvalue weighted by Crippen LogP contribution is 2.28. The summed E-state index contributed by atoms with van der Waals surface area (Å²) in [6.07, 6.45) is 8.36. The molecule has 0 spiro atoms. The number of nitrogens with zero attached hydrogens (tertiary/aromatic N) is 3. The third-order valence-corrected chi connectivity index (χ3v) is 4.23. The van der Waals surface area contributed by atoms with Crippen LogP contribution in [0.4, 0.5) is 0 Å². The van der Waals surface area contributed by atoms with E-state index in [0.29, 0.717) is 12.0 Å². The molecule has 0 amide bonds. The van der Waals surface area contributed by atoms with E-state index in [9.17, 15) is 0 Å². The molecule has 0 saturated carbocycles. The van der Waals surface area contributed by atoms with Crippen LogP contribution in [0.2, 0.25) is 0 Å². The zero-order chi connectivity index (χ0) is 13.0. The average Bonchev–Trinajstić information content (AvgIpc) is 2.86. The van der Waals surface area contributed by atoms with Crippen molar-refractivity contribution in [3.8, 4) is 0 Å². The van der Waals surface area contributed by atoms with Gasteiger partial charge in [-0.2, -0.15) is 5.10 Å². The van der Waals surface area contributed by atoms with Crippen molar-refractivity contribution in [2.45, 2.75) is 57.9 Å². The summed E-state index contributed by atoms with van der Waals surface area (Å²) >= 11 is 0. The Balaban J connectivity index is 2.02. The van der Waals surface area contributed by atoms with E-state index in [4.69, 9.17) is 0 Å². The smallest absolute Gasteiger partial charge is 0.0546 e. The summed E-state index contributed by atoms with van der Waals surface area (Å²) in [6, 6.07) is 2.84. The van der Waals surface area contributed by atoms with Gasteiger partial charge < -0.3 is 4.90 Å². The van der Waals surface area contributed by atoms with E-state index < -0.39 is 0 Å². The minimum atomic E-state index is 0.621. The summed E-state index contributed by atoms with van der Waals surface area (Å²) in [5, 5.41) is 4.59. The maximum atomic E-state index is 4.59. The Hall–Kier alpha value is -0.830. The van der Waals surface area contributed by atoms with Crippen LogP contribution in [0.25, 0.3) is 0 Å². The fourth-order valence-electron chi connectivity index (χ4n) is 2.92. The molecule has 1 aromatic rings. The summed E-state index contributed by atoms with van der Waals surface area (Å²) in [6.45, 7) is 7.01. The largest absolute Gasteiger partial charge is 0.306 e. The van der Waals surface area contributed by atoms with Crippen molar-refractivity contribution in [1.82, 2.24) is 14.7 Å². The van der Waals surface area contributed by atoms with E-state index in [0.717, 1.165) is 0 Å². The number of aromatic nitrogens is 2. The second-order valence-corrected chi connectivity index (χ2v) is 5.78. The number of hydrogen-bond acceptors (Lipinski definition) is 2. The molecule has 102 valence electrons. The van der Waals surface area contributed by atoms with Gasteiger partial charge in [0.05, 0.1) is 6.04 Å². The summed E-state index contributed by atoms with van der Waals surface area (Å²) in [4.78, 5) is 2.42. The fraction of sp³-hybridized carbons (Fsp3) is 0.800. The van der Waals surface area contributed by atoms with Gasteiger partial charge in [0.15, 0.2) is 0 Å². The molecule has 2 heterocycles. The van der Waals surface area contributed by atoms with Crippen molar-refractivity contribution in [3.05, 3.63) is 18.0 Å². The maximum Gasteiger partial charge on any atom is 0.0546 e. The number of piperidine rings is 1. The summed E-state index contributed by atoms with van der Waals surface area (Å²) in [7, 11) is 2.21. The predicted molar refractivity (Wildman–Crippen MR) is 75.9 cm³/mol. The fourth-order valence-corrected chi connectivity index (χ4v) is 2.92. The van der Waals surface area contributed by atoms with Crippen molar-refractivity contribution >= 4 is 0 Å². The van der Waals surface area contributed by atoms with E-state index in [-0.39, 0.29) is 0 Å². The van der Waals surface area contributed by atoms with Gasteiger partial charge in [-0.25, -0.2) is 0 Å². The van der Waals surface area contributed by atoms with Gasteiger partial charge in [-0.3, -0.25) is 4.68 Å². The number of likely N-dealkylation sites (tertiary alicyclic amines) is 1. The van der Waals surface area contributed by atoms with Crippen LogP contribution in [-0.4, -0.2) is 34.8 Å². The molecule has 0 radical (unpaired) electrons. The molecule has 0 aliphatic carbocycles. The highest BCUT2D eigenvalue weighted by Gasteiger charge is 2.22. The van der Waals surface area contributed by atoms with Crippen LogP contribution in [-0.2, 0) is 0 Å². The van der Waals surface area contributed by atoms with Gasteiger partial charge in [0.25, 0.3) is 0 Å². The molecular weight excluding hydrogens is 222 g/mol. The molecule has 3 heteroatoms. The van der Waals surface area contributed by atoms with Gasteiger partial charge in [0.1, 0.15) is 0 Å². The second kappa shape index (κ2) is 6.37. The highest BCUT2D eigenvalue weighted by atomic mass is 15.3. The lowest BCUT2D eigenvalue weighted by Gasteiger charge is -2.31. The molecule has 1 fully saturated rings. The van der Waals surface area contributed by atoms with E-state index in [1.165, 1.54) is 50.9 Å². The zero-order valence-corrected chi connectivity index (χ0v) is 12.1. The predicted octanol–water partition coefficient (Wildman–Crippen LogP) is 3.44. The summed E-state index contributed by atoms with van der Waals surface area (Å²) in [5.41, 5.74) is 1.44. The SMILES string of the molecule is CCCCC(C)c1ccnn1C1CCN(C)CC1. The normalized spacial score (nSPS) is 20.2. The topological polar surface area (TPSA) is 21.1 Å². The van der Waals surface area contributed by atoms with E-state index in [2.05, 4.69) is 41.6 Å². The maximum absolute atomic E-state index is 4.59. The summed E-state index contributed by atoms with van der Waals surface area (Å²) < 4.78 is 2.31. The van der Waals surface area contributed by atoms with Gasteiger partial charge in [0.2, 0.25) is 0 Å². The molecule has 1 unspecified atom stereocenters. The molecule has 0 aromatic carbocycles. The first-order valence-electron chi connectivity index (χ1n) is 7.44. The molecule has 1 atom stereocenters. The Bertz CT molecular complexity index is 350. The Morgan fingerprint density at radius 3 is 2.78 bits per heavy atom. The molecule has 0 N–H and O–H groups in total. The molecule has 1 aliphatic heterocycles. The lowest BCUT2D eigenvalue weighted by atomic mass is 9.99. The van der Waals surface area contributed by atoms with Crippen LogP contribution in [0, 0.1) is 0 Å². The van der Waals surface area contributed by atoms with Crippen LogP contribution in [0.3, 0.4) is 0 Å². The van der Waals surface area contributed by atoms with Gasteiger partial charge in [0, 0.05) is 11.9 Å². The van der Waals surface area contributed by atoms with Crippen LogP contribution in [0.15, 0.2) is 12.3 Å². The molecule has 2 rings (SSSR count). The molecule has 3 nitrogen and oxygen atoms in total. The van der Waals surface area contributed by atoms with E-state index >= 15 is 0 Å². The third kappa shape index (κ3) is 3.14. The number of hydrogen-bond donors (Lipinski definition) is 0. The first-order chi connectivity index (χ1) is 8.72. The van der Waals surface area contributed by atoms with Crippen molar-refractivity contribution in [2.75, 3.05) is 20.1 Å². The number of unbranched alkanes of at least 4 members (excludes halogenated alkanes) is 1. The quantitative estimate of drug-likeness (QED) is 0.797. The van der Waals surface area contributed by atoms with Crippen molar-refractivity contribution in [3.63, 3.8) is 0 Å². The first-order valence-corrected chi connectivity index (χ1v) is 7.44. The minimum Gasteiger partial charge on any atom is -0.306 e. The molecular formula is C15H27N3. The Morgan fingerprint density at radius 2 is 2.11 bits per heavy atom. The second-order valence-electron chi connectivity index (χ2n) is 5.78. The lowest BCUT2D eigenvalue weighted by molar-refractivity contribution is 0.208. The average molecular weight is 249 g/mol. The number of rotatable bonds is 5. The first kappa shape index (κ1) is 13.6. The third-order valence-electron chi connectivity index (χ3n) is 4.23. The standard InChI is InChI=1S/C15H27N3/c1-4-5-6-13(2)15-7-10-16-18(15)14-8-11-17(3)12-9-14/h7,10,13-14H,4-6,8-9,11-12H2,1-3H3. The molecule has 1 aliphatic rings. The van der Waals surface area contributed by atoms with Crippen LogP contribution in [0.1, 0.15) is 63.6 Å². The molecule has 18 heavy (non-hydrogen) atoms. The molecule has 1 aromatic heterocycles. The van der Waals surface area contributed by atoms with Gasteiger partial charge in [-0.15, -0.1) is 0 Å². The Morgan fingerprint density at radius 1 is 1.39 bits per heavy atom. The molecule has 0 bridgehead atoms. The van der Waals surface area contributed by atoms with Crippen LogP contribution >= 0.6 is 0 Å². The monoisotopic (exact) mass is 249 g/mol. The minimum absolute atomic E-state index is 0.621. The van der Waals surface area contributed by atoms with E-state index in [1.54, 1.807) is 0 Å². The van der Waals surface area contributed by atoms with Gasteiger partial charge in [-0.05, 0) is 51.4 Å².